The molecule has 0 bridgehead atoms. The second-order valence-corrected chi connectivity index (χ2v) is 9.97. The summed E-state index contributed by atoms with van der Waals surface area (Å²) in [6, 6.07) is 6.82. The maximum atomic E-state index is 13.2. The van der Waals surface area contributed by atoms with Crippen LogP contribution in [0.25, 0.3) is 11.0 Å². The molecule has 1 aliphatic heterocycles. The normalized spacial score (nSPS) is 14.3. The van der Waals surface area contributed by atoms with Gasteiger partial charge in [0.05, 0.1) is 28.5 Å². The molecule has 0 radical (unpaired) electrons. The Bertz CT molecular complexity index is 1440. The number of hydrogen-bond acceptors (Lipinski definition) is 6. The number of benzene rings is 2. The molecule has 2 amide bonds. The molecule has 13 heteroatoms. The summed E-state index contributed by atoms with van der Waals surface area (Å²) < 4.78 is 5.40. The molecule has 0 saturated carbocycles. The van der Waals surface area contributed by atoms with Gasteiger partial charge in [0.25, 0.3) is 11.8 Å². The first-order valence-electron chi connectivity index (χ1n) is 12.1. The van der Waals surface area contributed by atoms with E-state index in [1.165, 1.54) is 0 Å². The average molecular weight is 576 g/mol. The number of aliphatic hydroxyl groups is 1. The Kier molecular flexibility index (Phi) is 8.63. The van der Waals surface area contributed by atoms with E-state index >= 15 is 0 Å². The molecule has 4 rings (SSSR count). The van der Waals surface area contributed by atoms with E-state index in [1.54, 1.807) is 36.3 Å². The highest BCUT2D eigenvalue weighted by Crippen LogP contribution is 2.35. The molecule has 0 aliphatic carbocycles. The first-order valence-corrected chi connectivity index (χ1v) is 12.8. The van der Waals surface area contributed by atoms with Crippen molar-refractivity contribution in [2.24, 2.45) is 0 Å². The van der Waals surface area contributed by atoms with E-state index in [0.717, 1.165) is 5.39 Å². The molecule has 3 aromatic rings. The molecule has 39 heavy (non-hydrogen) atoms. The van der Waals surface area contributed by atoms with Crippen LogP contribution < -0.4 is 16.0 Å². The summed E-state index contributed by atoms with van der Waals surface area (Å²) in [7, 11) is 0. The molecule has 2 atom stereocenters. The predicted molar refractivity (Wildman–Crippen MR) is 145 cm³/mol. The number of guanidine groups is 1. The second kappa shape index (κ2) is 11.9. The average Bonchev–Trinajstić information content (AvgIpc) is 3.38. The number of aliphatic carboxylic acids is 1. The molecule has 0 unspecified atom stereocenters. The molecular formula is C26H27Cl2N5O6. The number of nitrogens with zero attached hydrogens (tertiary/aromatic N) is 1. The van der Waals surface area contributed by atoms with Crippen LogP contribution in [0.3, 0.4) is 0 Å². The van der Waals surface area contributed by atoms with Crippen molar-refractivity contribution in [3.63, 3.8) is 0 Å². The number of furan rings is 1. The van der Waals surface area contributed by atoms with Crippen LogP contribution in [0, 0.1) is 5.41 Å². The Morgan fingerprint density at radius 2 is 1.95 bits per heavy atom. The molecule has 0 spiro atoms. The maximum Gasteiger partial charge on any atom is 0.328 e. The molecule has 0 fully saturated rings. The minimum absolute atomic E-state index is 0.0193. The lowest BCUT2D eigenvalue weighted by atomic mass is 9.96. The van der Waals surface area contributed by atoms with Gasteiger partial charge in [-0.25, -0.2) is 4.79 Å². The number of halogens is 2. The maximum absolute atomic E-state index is 13.2. The minimum atomic E-state index is -1.40. The zero-order chi connectivity index (χ0) is 28.3. The molecule has 6 N–H and O–H groups in total. The zero-order valence-electron chi connectivity index (χ0n) is 20.9. The van der Waals surface area contributed by atoms with E-state index in [9.17, 15) is 19.5 Å². The summed E-state index contributed by atoms with van der Waals surface area (Å²) in [5.41, 5.74) is 2.38. The summed E-state index contributed by atoms with van der Waals surface area (Å²) in [5.74, 6) is -2.50. The van der Waals surface area contributed by atoms with Crippen LogP contribution in [0.2, 0.25) is 10.0 Å². The smallest absolute Gasteiger partial charge is 0.328 e. The van der Waals surface area contributed by atoms with E-state index in [0.29, 0.717) is 35.2 Å². The van der Waals surface area contributed by atoms with Gasteiger partial charge in [-0.3, -0.25) is 15.0 Å². The minimum Gasteiger partial charge on any atom is -0.480 e. The Morgan fingerprint density at radius 1 is 1.18 bits per heavy atom. The van der Waals surface area contributed by atoms with Gasteiger partial charge in [0.1, 0.15) is 11.6 Å². The highest BCUT2D eigenvalue weighted by atomic mass is 35.5. The largest absolute Gasteiger partial charge is 0.480 e. The number of aliphatic hydroxyl groups excluding tert-OH is 1. The van der Waals surface area contributed by atoms with Crippen molar-refractivity contribution in [1.82, 2.24) is 20.9 Å². The number of nitrogens with one attached hydrogen (secondary N) is 4. The SMILES string of the molecule is C[C@@H](CO)NC(=N)NC[C@H](NC(=O)c1c(Cl)cc2c(c1Cl)CCN(C(=O)c1ccc3ccoc3c1)C2)C(=O)O. The number of fused-ring (bicyclic) bond motifs is 2. The molecule has 0 saturated heterocycles. The summed E-state index contributed by atoms with van der Waals surface area (Å²) in [5, 5.41) is 35.0. The molecule has 11 nitrogen and oxygen atoms in total. The fourth-order valence-corrected chi connectivity index (χ4v) is 5.05. The third kappa shape index (κ3) is 6.27. The fraction of sp³-hybridized carbons (Fsp3) is 0.308. The van der Waals surface area contributed by atoms with E-state index in [2.05, 4.69) is 16.0 Å². The second-order valence-electron chi connectivity index (χ2n) is 9.18. The monoisotopic (exact) mass is 575 g/mol. The van der Waals surface area contributed by atoms with Crippen molar-refractivity contribution in [3.8, 4) is 0 Å². The molecule has 2 aromatic carbocycles. The van der Waals surface area contributed by atoms with Gasteiger partial charge in [0.2, 0.25) is 0 Å². The van der Waals surface area contributed by atoms with Gasteiger partial charge < -0.3 is 35.5 Å². The number of amides is 2. The molecule has 1 aromatic heterocycles. The Hall–Kier alpha value is -3.80. The first-order chi connectivity index (χ1) is 18.6. The van der Waals surface area contributed by atoms with Crippen molar-refractivity contribution in [2.75, 3.05) is 19.7 Å². The van der Waals surface area contributed by atoms with Gasteiger partial charge in [-0.2, -0.15) is 0 Å². The highest BCUT2D eigenvalue weighted by molar-refractivity contribution is 6.40. The van der Waals surface area contributed by atoms with Crippen LogP contribution in [0.5, 0.6) is 0 Å². The van der Waals surface area contributed by atoms with Crippen LogP contribution in [0.15, 0.2) is 41.0 Å². The highest BCUT2D eigenvalue weighted by Gasteiger charge is 2.29. The van der Waals surface area contributed by atoms with Gasteiger partial charge in [-0.1, -0.05) is 29.3 Å². The molecular weight excluding hydrogens is 549 g/mol. The Balaban J connectivity index is 1.47. The van der Waals surface area contributed by atoms with Crippen molar-refractivity contribution in [3.05, 3.63) is 68.9 Å². The lowest BCUT2D eigenvalue weighted by molar-refractivity contribution is -0.139. The molecule has 1 aliphatic rings. The number of carbonyl (C=O) groups excluding carboxylic acids is 2. The van der Waals surface area contributed by atoms with Crippen LogP contribution in [0.1, 0.15) is 38.8 Å². The summed E-state index contributed by atoms with van der Waals surface area (Å²) >= 11 is 13.0. The summed E-state index contributed by atoms with van der Waals surface area (Å²) in [6.45, 7) is 1.71. The van der Waals surface area contributed by atoms with Gasteiger partial charge in [0, 0.05) is 36.6 Å². The standard InChI is InChI=1S/C26H27Cl2N5O6/c1-13(12-34)31-26(29)30-10-19(25(37)38)32-23(35)21-18(27)8-16-11-33(6-4-17(16)22(21)28)24(36)15-3-2-14-5-7-39-20(14)9-15/h2-3,5,7-9,13,19,34H,4,6,10-12H2,1H3,(H,32,35)(H,37,38)(H3,29,30,31)/t13-,19-/m0/s1. The van der Waals surface area contributed by atoms with Gasteiger partial charge in [-0.05, 0) is 48.7 Å². The first kappa shape index (κ1) is 28.2. The van der Waals surface area contributed by atoms with Crippen molar-refractivity contribution in [2.45, 2.75) is 32.0 Å². The number of carboxylic acid groups (broad SMARTS) is 1. The number of hydrogen-bond donors (Lipinski definition) is 6. The van der Waals surface area contributed by atoms with Crippen LogP contribution in [0.4, 0.5) is 0 Å². The van der Waals surface area contributed by atoms with Crippen LogP contribution >= 0.6 is 23.2 Å². The quantitative estimate of drug-likeness (QED) is 0.176. The van der Waals surface area contributed by atoms with Crippen molar-refractivity contribution in [1.29, 1.82) is 5.41 Å². The summed E-state index contributed by atoms with van der Waals surface area (Å²) in [6.07, 6.45) is 1.93. The third-order valence-electron chi connectivity index (χ3n) is 6.37. The fourth-order valence-electron chi connectivity index (χ4n) is 4.28. The van der Waals surface area contributed by atoms with Gasteiger partial charge in [0.15, 0.2) is 5.96 Å². The van der Waals surface area contributed by atoms with Crippen molar-refractivity contribution >= 4 is 57.9 Å². The third-order valence-corrected chi connectivity index (χ3v) is 7.09. The molecule has 2 heterocycles. The lowest BCUT2D eigenvalue weighted by Gasteiger charge is -2.30. The Labute approximate surface area is 233 Å². The van der Waals surface area contributed by atoms with E-state index in [4.69, 9.17) is 38.1 Å². The van der Waals surface area contributed by atoms with E-state index in [-0.39, 0.29) is 47.2 Å². The van der Waals surface area contributed by atoms with Gasteiger partial charge in [-0.15, -0.1) is 0 Å². The Morgan fingerprint density at radius 3 is 2.67 bits per heavy atom. The predicted octanol–water partition coefficient (Wildman–Crippen LogP) is 2.62. The number of carbonyl (C=O) groups is 3. The lowest BCUT2D eigenvalue weighted by Crippen LogP contribution is -2.52. The van der Waals surface area contributed by atoms with E-state index in [1.807, 2.05) is 12.1 Å². The van der Waals surface area contributed by atoms with Crippen LogP contribution in [-0.2, 0) is 17.8 Å². The summed E-state index contributed by atoms with van der Waals surface area (Å²) in [4.78, 5) is 39.6. The molecule has 206 valence electrons. The topological polar surface area (TPSA) is 168 Å². The van der Waals surface area contributed by atoms with E-state index < -0.39 is 24.0 Å². The zero-order valence-corrected chi connectivity index (χ0v) is 22.4. The number of carboxylic acids is 1. The van der Waals surface area contributed by atoms with Crippen LogP contribution in [-0.4, -0.2) is 70.6 Å². The number of rotatable bonds is 8. The van der Waals surface area contributed by atoms with Crippen molar-refractivity contribution < 1.29 is 29.0 Å². The van der Waals surface area contributed by atoms with Gasteiger partial charge >= 0.3 is 5.97 Å².